The van der Waals surface area contributed by atoms with Crippen LogP contribution in [0.4, 0.5) is 0 Å². The molecule has 0 saturated heterocycles. The molecule has 31 heavy (non-hydrogen) atoms. The average molecular weight is 420 g/mol. The minimum atomic E-state index is -1.03. The largest absolute Gasteiger partial charge is 0.493 e. The number of aromatic carboxylic acids is 1. The van der Waals surface area contributed by atoms with Crippen LogP contribution < -0.4 is 9.47 Å². The quantitative estimate of drug-likeness (QED) is 0.432. The molecule has 0 aliphatic heterocycles. The van der Waals surface area contributed by atoms with Crippen molar-refractivity contribution in [3.8, 4) is 22.8 Å². The number of nitrogens with zero attached hydrogens (tertiary/aromatic N) is 1. The number of carbonyl (C=O) groups is 1. The monoisotopic (exact) mass is 419 g/mol. The highest BCUT2D eigenvalue weighted by Crippen LogP contribution is 2.31. The number of pyridine rings is 1. The van der Waals surface area contributed by atoms with Crippen LogP contribution in [0.2, 0.25) is 0 Å². The van der Waals surface area contributed by atoms with Crippen LogP contribution in [0.15, 0.2) is 54.6 Å². The number of hydrogen-bond donors (Lipinski definition) is 1. The zero-order valence-corrected chi connectivity index (χ0v) is 18.4. The lowest BCUT2D eigenvalue weighted by Gasteiger charge is -2.14. The molecule has 0 radical (unpaired) electrons. The summed E-state index contributed by atoms with van der Waals surface area (Å²) in [6.45, 7) is 6.87. The molecule has 0 aliphatic rings. The van der Waals surface area contributed by atoms with Crippen LogP contribution in [0.1, 0.15) is 53.9 Å². The first-order chi connectivity index (χ1) is 15.0. The number of ether oxygens (including phenoxy) is 2. The first-order valence-electron chi connectivity index (χ1n) is 10.7. The van der Waals surface area contributed by atoms with Crippen molar-refractivity contribution in [2.24, 2.45) is 0 Å². The Morgan fingerprint density at radius 3 is 2.42 bits per heavy atom. The minimum absolute atomic E-state index is 0.0690. The summed E-state index contributed by atoms with van der Waals surface area (Å²) < 4.78 is 11.8. The number of aryl methyl sites for hydroxylation is 2. The third-order valence-corrected chi connectivity index (χ3v) is 4.91. The Morgan fingerprint density at radius 2 is 1.74 bits per heavy atom. The highest BCUT2D eigenvalue weighted by atomic mass is 16.5. The Kier molecular flexibility index (Phi) is 7.65. The molecule has 0 spiro atoms. The molecule has 0 aliphatic carbocycles. The lowest BCUT2D eigenvalue weighted by Crippen LogP contribution is -2.09. The Balaban J connectivity index is 1.89. The van der Waals surface area contributed by atoms with Gasteiger partial charge in [-0.25, -0.2) is 9.78 Å². The maximum Gasteiger partial charge on any atom is 0.337 e. The molecular formula is C26H29NO4. The number of aromatic nitrogens is 1. The summed E-state index contributed by atoms with van der Waals surface area (Å²) in [5, 5.41) is 9.61. The second-order valence-electron chi connectivity index (χ2n) is 7.53. The third kappa shape index (κ3) is 5.85. The van der Waals surface area contributed by atoms with E-state index in [1.54, 1.807) is 12.1 Å². The zero-order chi connectivity index (χ0) is 22.2. The maximum absolute atomic E-state index is 11.7. The van der Waals surface area contributed by atoms with E-state index in [0.717, 1.165) is 36.1 Å². The van der Waals surface area contributed by atoms with Crippen LogP contribution in [0, 0.1) is 6.92 Å². The number of carboxylic acids is 1. The summed E-state index contributed by atoms with van der Waals surface area (Å²) in [4.78, 5) is 16.4. The van der Waals surface area contributed by atoms with Crippen LogP contribution in [0.3, 0.4) is 0 Å². The van der Waals surface area contributed by atoms with Gasteiger partial charge in [-0.3, -0.25) is 0 Å². The van der Waals surface area contributed by atoms with Crippen molar-refractivity contribution >= 4 is 5.97 Å². The smallest absolute Gasteiger partial charge is 0.337 e. The van der Waals surface area contributed by atoms with E-state index < -0.39 is 5.97 Å². The van der Waals surface area contributed by atoms with Gasteiger partial charge in [-0.15, -0.1) is 0 Å². The van der Waals surface area contributed by atoms with Gasteiger partial charge < -0.3 is 14.6 Å². The van der Waals surface area contributed by atoms with Crippen LogP contribution in [-0.4, -0.2) is 22.7 Å². The lowest BCUT2D eigenvalue weighted by atomic mass is 10.0. The minimum Gasteiger partial charge on any atom is -0.493 e. The van der Waals surface area contributed by atoms with Gasteiger partial charge in [-0.05, 0) is 61.7 Å². The Labute approximate surface area is 183 Å². The van der Waals surface area contributed by atoms with Crippen LogP contribution in [0.5, 0.6) is 11.5 Å². The number of carboxylic acid groups (broad SMARTS) is 1. The molecule has 5 heteroatoms. The molecule has 3 aromatic rings. The van der Waals surface area contributed by atoms with Gasteiger partial charge in [0, 0.05) is 5.56 Å². The average Bonchev–Trinajstić information content (AvgIpc) is 2.77. The summed E-state index contributed by atoms with van der Waals surface area (Å²) in [7, 11) is 0. The summed E-state index contributed by atoms with van der Waals surface area (Å²) in [6, 6.07) is 17.1. The van der Waals surface area contributed by atoms with Gasteiger partial charge in [0.25, 0.3) is 0 Å². The van der Waals surface area contributed by atoms with Crippen molar-refractivity contribution < 1.29 is 19.4 Å². The SMILES string of the molecule is CCCOc1ccc(C)cc1-c1ccc(C(=O)O)c(COc2ccc(CCC)cc2)n1. The summed E-state index contributed by atoms with van der Waals surface area (Å²) >= 11 is 0. The lowest BCUT2D eigenvalue weighted by molar-refractivity contribution is 0.0693. The number of hydrogen-bond acceptors (Lipinski definition) is 4. The Hall–Kier alpha value is -3.34. The number of benzene rings is 2. The van der Waals surface area contributed by atoms with Crippen molar-refractivity contribution in [2.45, 2.75) is 46.6 Å². The summed E-state index contributed by atoms with van der Waals surface area (Å²) in [6.07, 6.45) is 3.00. The third-order valence-electron chi connectivity index (χ3n) is 4.91. The van der Waals surface area contributed by atoms with Crippen LogP contribution in [-0.2, 0) is 13.0 Å². The molecule has 1 aromatic heterocycles. The van der Waals surface area contributed by atoms with E-state index in [0.29, 0.717) is 23.7 Å². The standard InChI is InChI=1S/C26H29NO4/c1-4-6-19-8-10-20(11-9-19)31-17-24-21(26(28)29)12-13-23(27-24)22-16-18(3)7-14-25(22)30-15-5-2/h7-14,16H,4-6,15,17H2,1-3H3,(H,28,29). The van der Waals surface area contributed by atoms with Crippen molar-refractivity contribution in [3.63, 3.8) is 0 Å². The molecule has 162 valence electrons. The Bertz CT molecular complexity index is 1030. The van der Waals surface area contributed by atoms with Gasteiger partial charge in [0.05, 0.1) is 23.6 Å². The molecule has 1 N–H and O–H groups in total. The van der Waals surface area contributed by atoms with Gasteiger partial charge in [-0.2, -0.15) is 0 Å². The van der Waals surface area contributed by atoms with Gasteiger partial charge in [0.15, 0.2) is 0 Å². The van der Waals surface area contributed by atoms with E-state index in [1.165, 1.54) is 5.56 Å². The van der Waals surface area contributed by atoms with Crippen molar-refractivity contribution in [1.82, 2.24) is 4.98 Å². The predicted molar refractivity (Wildman–Crippen MR) is 122 cm³/mol. The highest BCUT2D eigenvalue weighted by molar-refractivity contribution is 5.89. The molecule has 2 aromatic carbocycles. The van der Waals surface area contributed by atoms with Gasteiger partial charge >= 0.3 is 5.97 Å². The van der Waals surface area contributed by atoms with E-state index in [-0.39, 0.29) is 12.2 Å². The van der Waals surface area contributed by atoms with E-state index in [1.807, 2.05) is 49.4 Å². The topological polar surface area (TPSA) is 68.7 Å². The fraction of sp³-hybridized carbons (Fsp3) is 0.308. The first-order valence-corrected chi connectivity index (χ1v) is 10.7. The molecule has 0 atom stereocenters. The fourth-order valence-corrected chi connectivity index (χ4v) is 3.33. The van der Waals surface area contributed by atoms with Crippen molar-refractivity contribution in [1.29, 1.82) is 0 Å². The number of rotatable bonds is 10. The second-order valence-corrected chi connectivity index (χ2v) is 7.53. The second kappa shape index (κ2) is 10.6. The Morgan fingerprint density at radius 1 is 0.968 bits per heavy atom. The van der Waals surface area contributed by atoms with E-state index in [9.17, 15) is 9.90 Å². The first kappa shape index (κ1) is 22.3. The van der Waals surface area contributed by atoms with E-state index >= 15 is 0 Å². The normalized spacial score (nSPS) is 10.7. The molecule has 5 nitrogen and oxygen atoms in total. The summed E-state index contributed by atoms with van der Waals surface area (Å²) in [5.74, 6) is 0.398. The van der Waals surface area contributed by atoms with Gasteiger partial charge in [0.1, 0.15) is 18.1 Å². The molecule has 3 rings (SSSR count). The predicted octanol–water partition coefficient (Wildman–Crippen LogP) is 6.08. The zero-order valence-electron chi connectivity index (χ0n) is 18.4. The van der Waals surface area contributed by atoms with Crippen LogP contribution >= 0.6 is 0 Å². The molecular weight excluding hydrogens is 390 g/mol. The fourth-order valence-electron chi connectivity index (χ4n) is 3.33. The van der Waals surface area contributed by atoms with Crippen molar-refractivity contribution in [3.05, 3.63) is 77.0 Å². The molecule has 1 heterocycles. The van der Waals surface area contributed by atoms with Crippen LogP contribution in [0.25, 0.3) is 11.3 Å². The van der Waals surface area contributed by atoms with E-state index in [2.05, 4.69) is 18.8 Å². The molecule has 0 amide bonds. The summed E-state index contributed by atoms with van der Waals surface area (Å²) in [5.41, 5.74) is 4.35. The molecule has 0 fully saturated rings. The molecule has 0 unspecified atom stereocenters. The van der Waals surface area contributed by atoms with Gasteiger partial charge in [-0.1, -0.05) is 44.0 Å². The molecule has 0 saturated carbocycles. The highest BCUT2D eigenvalue weighted by Gasteiger charge is 2.16. The molecule has 0 bridgehead atoms. The van der Waals surface area contributed by atoms with E-state index in [4.69, 9.17) is 9.47 Å². The van der Waals surface area contributed by atoms with Gasteiger partial charge in [0.2, 0.25) is 0 Å². The van der Waals surface area contributed by atoms with Crippen molar-refractivity contribution in [2.75, 3.05) is 6.61 Å². The maximum atomic E-state index is 11.7.